The summed E-state index contributed by atoms with van der Waals surface area (Å²) in [6.07, 6.45) is -0.774. The van der Waals surface area contributed by atoms with E-state index >= 15 is 0 Å². The molecule has 202 valence electrons. The molecule has 0 spiro atoms. The molecule has 1 rings (SSSR count). The second kappa shape index (κ2) is 14.4. The van der Waals surface area contributed by atoms with Gasteiger partial charge in [0.05, 0.1) is 12.1 Å². The Balaban J connectivity index is 3.12. The van der Waals surface area contributed by atoms with E-state index in [0.717, 1.165) is 0 Å². The minimum Gasteiger partial charge on any atom is -0.508 e. The number of aliphatic hydroxyl groups excluding tert-OH is 1. The van der Waals surface area contributed by atoms with Crippen LogP contribution in [0, 0.1) is 11.8 Å². The van der Waals surface area contributed by atoms with Crippen molar-refractivity contribution in [3.8, 4) is 5.75 Å². The van der Waals surface area contributed by atoms with E-state index in [1.165, 1.54) is 19.1 Å². The third-order valence-electron chi connectivity index (χ3n) is 5.46. The Morgan fingerprint density at radius 3 is 1.81 bits per heavy atom. The summed E-state index contributed by atoms with van der Waals surface area (Å²) in [5, 5.41) is 36.6. The average molecular weight is 509 g/mol. The van der Waals surface area contributed by atoms with Crippen LogP contribution in [0.2, 0.25) is 0 Å². The van der Waals surface area contributed by atoms with Gasteiger partial charge in [0.2, 0.25) is 17.7 Å². The lowest BCUT2D eigenvalue weighted by Crippen LogP contribution is -2.60. The van der Waals surface area contributed by atoms with Crippen LogP contribution in [0.4, 0.5) is 0 Å². The third-order valence-corrected chi connectivity index (χ3v) is 5.46. The van der Waals surface area contributed by atoms with Crippen LogP contribution in [-0.4, -0.2) is 69.3 Å². The van der Waals surface area contributed by atoms with Gasteiger partial charge in [-0.3, -0.25) is 14.4 Å². The molecule has 5 atom stereocenters. The van der Waals surface area contributed by atoms with Crippen molar-refractivity contribution in [1.29, 1.82) is 0 Å². The van der Waals surface area contributed by atoms with Gasteiger partial charge < -0.3 is 37.0 Å². The Bertz CT molecular complexity index is 887. The molecular formula is C25H40N4O7. The number of benzene rings is 1. The molecule has 11 heteroatoms. The Morgan fingerprint density at radius 1 is 0.806 bits per heavy atom. The number of nitrogens with two attached hydrogens (primary N) is 1. The number of carboxylic acids is 1. The van der Waals surface area contributed by atoms with Crippen LogP contribution >= 0.6 is 0 Å². The number of aliphatic hydroxyl groups is 1. The molecule has 0 aliphatic carbocycles. The van der Waals surface area contributed by atoms with Crippen molar-refractivity contribution >= 4 is 23.7 Å². The Hall–Kier alpha value is -3.18. The van der Waals surface area contributed by atoms with Crippen LogP contribution in [0.1, 0.15) is 53.0 Å². The SMILES string of the molecule is CC(C)CC(N)C(=O)NC(C(=O)NC(Cc1ccc(O)cc1)C(=O)NC(CC(C)C)C(=O)O)C(C)O. The van der Waals surface area contributed by atoms with Crippen LogP contribution in [-0.2, 0) is 25.6 Å². The van der Waals surface area contributed by atoms with Crippen molar-refractivity contribution in [2.45, 2.75) is 84.2 Å². The molecule has 0 heterocycles. The monoisotopic (exact) mass is 508 g/mol. The molecule has 0 fully saturated rings. The summed E-state index contributed by atoms with van der Waals surface area (Å²) in [5.41, 5.74) is 6.47. The number of rotatable bonds is 14. The Kier molecular flexibility index (Phi) is 12.3. The number of aromatic hydroxyl groups is 1. The van der Waals surface area contributed by atoms with Gasteiger partial charge in [-0.2, -0.15) is 0 Å². The quantitative estimate of drug-likeness (QED) is 0.186. The van der Waals surface area contributed by atoms with E-state index in [1.807, 2.05) is 27.7 Å². The van der Waals surface area contributed by atoms with Crippen LogP contribution in [0.15, 0.2) is 24.3 Å². The lowest BCUT2D eigenvalue weighted by molar-refractivity contribution is -0.143. The molecular weight excluding hydrogens is 468 g/mol. The van der Waals surface area contributed by atoms with Gasteiger partial charge in [-0.15, -0.1) is 0 Å². The summed E-state index contributed by atoms with van der Waals surface area (Å²) in [4.78, 5) is 50.3. The molecule has 5 unspecified atom stereocenters. The van der Waals surface area contributed by atoms with E-state index in [4.69, 9.17) is 5.73 Å². The first-order valence-corrected chi connectivity index (χ1v) is 12.1. The second-order valence-corrected chi connectivity index (χ2v) is 9.92. The first kappa shape index (κ1) is 30.9. The van der Waals surface area contributed by atoms with Gasteiger partial charge in [0.1, 0.15) is 23.9 Å². The maximum atomic E-state index is 13.1. The molecule has 0 aliphatic heterocycles. The highest BCUT2D eigenvalue weighted by atomic mass is 16.4. The fraction of sp³-hybridized carbons (Fsp3) is 0.600. The fourth-order valence-corrected chi connectivity index (χ4v) is 3.58. The summed E-state index contributed by atoms with van der Waals surface area (Å²) >= 11 is 0. The number of carbonyl (C=O) groups excluding carboxylic acids is 3. The van der Waals surface area contributed by atoms with Crippen molar-refractivity contribution in [2.75, 3.05) is 0 Å². The zero-order valence-corrected chi connectivity index (χ0v) is 21.5. The largest absolute Gasteiger partial charge is 0.508 e. The number of phenols is 1. The number of amides is 3. The van der Waals surface area contributed by atoms with Crippen LogP contribution in [0.25, 0.3) is 0 Å². The predicted octanol–water partition coefficient (Wildman–Crippen LogP) is 0.274. The number of phenolic OH excluding ortho intramolecular Hbond substituents is 1. The molecule has 36 heavy (non-hydrogen) atoms. The van der Waals surface area contributed by atoms with Gasteiger partial charge in [0, 0.05) is 6.42 Å². The summed E-state index contributed by atoms with van der Waals surface area (Å²) in [6.45, 7) is 8.73. The van der Waals surface area contributed by atoms with Crippen molar-refractivity contribution in [1.82, 2.24) is 16.0 Å². The van der Waals surface area contributed by atoms with Gasteiger partial charge in [-0.1, -0.05) is 39.8 Å². The van der Waals surface area contributed by atoms with Crippen molar-refractivity contribution < 1.29 is 34.5 Å². The van der Waals surface area contributed by atoms with E-state index in [1.54, 1.807) is 12.1 Å². The lowest BCUT2D eigenvalue weighted by Gasteiger charge is -2.27. The minimum absolute atomic E-state index is 0.0126. The molecule has 0 aromatic heterocycles. The molecule has 11 nitrogen and oxygen atoms in total. The van der Waals surface area contributed by atoms with Crippen molar-refractivity contribution in [3.05, 3.63) is 29.8 Å². The summed E-state index contributed by atoms with van der Waals surface area (Å²) < 4.78 is 0. The molecule has 0 bridgehead atoms. The van der Waals surface area contributed by atoms with E-state index in [2.05, 4.69) is 16.0 Å². The third kappa shape index (κ3) is 10.6. The van der Waals surface area contributed by atoms with E-state index in [9.17, 15) is 34.5 Å². The molecule has 1 aromatic carbocycles. The fourth-order valence-electron chi connectivity index (χ4n) is 3.58. The highest BCUT2D eigenvalue weighted by Crippen LogP contribution is 2.13. The summed E-state index contributed by atoms with van der Waals surface area (Å²) in [7, 11) is 0. The number of carboxylic acid groups (broad SMARTS) is 1. The average Bonchev–Trinajstić information content (AvgIpc) is 2.76. The maximum Gasteiger partial charge on any atom is 0.326 e. The lowest BCUT2D eigenvalue weighted by atomic mass is 10.0. The topological polar surface area (TPSA) is 191 Å². The normalized spacial score (nSPS) is 15.5. The van der Waals surface area contributed by atoms with Crippen LogP contribution < -0.4 is 21.7 Å². The molecule has 3 amide bonds. The standard InChI is InChI=1S/C25H40N4O7/c1-13(2)10-18(26)22(32)29-21(15(5)30)24(34)27-19(12-16-6-8-17(31)9-7-16)23(33)28-20(25(35)36)11-14(3)4/h6-9,13-15,18-21,30-31H,10-12,26H2,1-5H3,(H,27,34)(H,28,33)(H,29,32)(H,35,36). The zero-order chi connectivity index (χ0) is 27.6. The number of nitrogens with one attached hydrogen (secondary N) is 3. The van der Waals surface area contributed by atoms with Crippen molar-refractivity contribution in [2.24, 2.45) is 17.6 Å². The van der Waals surface area contributed by atoms with Gasteiger partial charge in [-0.25, -0.2) is 4.79 Å². The number of carbonyl (C=O) groups is 4. The van der Waals surface area contributed by atoms with Gasteiger partial charge in [0.15, 0.2) is 0 Å². The van der Waals surface area contributed by atoms with Crippen LogP contribution in [0.5, 0.6) is 5.75 Å². The molecule has 0 aliphatic rings. The highest BCUT2D eigenvalue weighted by molar-refractivity contribution is 5.94. The van der Waals surface area contributed by atoms with E-state index in [-0.39, 0.29) is 30.4 Å². The van der Waals surface area contributed by atoms with Crippen LogP contribution in [0.3, 0.4) is 0 Å². The molecule has 0 radical (unpaired) electrons. The Labute approximate surface area is 211 Å². The minimum atomic E-state index is -1.39. The predicted molar refractivity (Wildman–Crippen MR) is 134 cm³/mol. The Morgan fingerprint density at radius 2 is 1.33 bits per heavy atom. The molecule has 0 saturated carbocycles. The zero-order valence-electron chi connectivity index (χ0n) is 21.5. The van der Waals surface area contributed by atoms with E-state index in [0.29, 0.717) is 12.0 Å². The van der Waals surface area contributed by atoms with Crippen molar-refractivity contribution in [3.63, 3.8) is 0 Å². The second-order valence-electron chi connectivity index (χ2n) is 9.92. The van der Waals surface area contributed by atoms with E-state index < -0.39 is 54.0 Å². The number of hydrogen-bond donors (Lipinski definition) is 7. The molecule has 1 aromatic rings. The number of aliphatic carboxylic acids is 1. The smallest absolute Gasteiger partial charge is 0.326 e. The van der Waals surface area contributed by atoms with Gasteiger partial charge in [0.25, 0.3) is 0 Å². The number of hydrogen-bond acceptors (Lipinski definition) is 7. The summed E-state index contributed by atoms with van der Waals surface area (Å²) in [5.74, 6) is -3.26. The maximum absolute atomic E-state index is 13.1. The van der Waals surface area contributed by atoms with Gasteiger partial charge >= 0.3 is 5.97 Å². The first-order valence-electron chi connectivity index (χ1n) is 12.1. The first-order chi connectivity index (χ1) is 16.7. The summed E-state index contributed by atoms with van der Waals surface area (Å²) in [6, 6.07) is 1.28. The van der Waals surface area contributed by atoms with Gasteiger partial charge in [-0.05, 0) is 49.3 Å². The molecule has 0 saturated heterocycles. The molecule has 8 N–H and O–H groups in total. The highest BCUT2D eigenvalue weighted by Gasteiger charge is 2.32.